The summed E-state index contributed by atoms with van der Waals surface area (Å²) in [7, 11) is 0. The van der Waals surface area contributed by atoms with Gasteiger partial charge in [0.1, 0.15) is 0 Å². The molecular formula is C45H29N. The Kier molecular flexibility index (Phi) is 5.27. The maximum atomic E-state index is 3.79. The van der Waals surface area contributed by atoms with Gasteiger partial charge in [0.2, 0.25) is 0 Å². The molecule has 1 nitrogen and oxygen atoms in total. The lowest BCUT2D eigenvalue weighted by molar-refractivity contribution is 0.794. The van der Waals surface area contributed by atoms with Crippen LogP contribution in [-0.4, -0.2) is 0 Å². The summed E-state index contributed by atoms with van der Waals surface area (Å²) in [5.41, 5.74) is 15.0. The monoisotopic (exact) mass is 583 g/mol. The molecular weight excluding hydrogens is 555 g/mol. The van der Waals surface area contributed by atoms with Gasteiger partial charge in [-0.15, -0.1) is 0 Å². The zero-order valence-corrected chi connectivity index (χ0v) is 25.2. The van der Waals surface area contributed by atoms with Crippen LogP contribution >= 0.6 is 0 Å². The molecule has 214 valence electrons. The fourth-order valence-corrected chi connectivity index (χ4v) is 8.31. The lowest BCUT2D eigenvalue weighted by Crippen LogP contribution is -2.25. The lowest BCUT2D eigenvalue weighted by atomic mass is 9.70. The normalized spacial score (nSPS) is 13.4. The van der Waals surface area contributed by atoms with Gasteiger partial charge in [-0.3, -0.25) is 0 Å². The molecule has 1 N–H and O–H groups in total. The Labute approximate surface area is 268 Å². The van der Waals surface area contributed by atoms with Crippen molar-refractivity contribution in [2.45, 2.75) is 5.41 Å². The Hall–Kier alpha value is -5.92. The fourth-order valence-electron chi connectivity index (χ4n) is 8.31. The van der Waals surface area contributed by atoms with E-state index in [1.165, 1.54) is 77.2 Å². The minimum absolute atomic E-state index is 0.339. The van der Waals surface area contributed by atoms with Crippen molar-refractivity contribution in [3.05, 3.63) is 192 Å². The zero-order chi connectivity index (χ0) is 30.2. The molecule has 1 heteroatoms. The van der Waals surface area contributed by atoms with Crippen LogP contribution in [0, 0.1) is 0 Å². The van der Waals surface area contributed by atoms with Crippen LogP contribution in [0.15, 0.2) is 170 Å². The molecule has 0 heterocycles. The standard InChI is InChI=1S/C45H29N/c1-2-13-35-29(10-1)20-21-32-26-31(22-24-36(32)35)30-11-9-12-33(27-30)46-34-23-25-40-39-16-5-8-19-43(39)45(44(40)28-34)41-17-6-3-14-37(41)38-15-4-7-18-42(38)45/h1-28,46H. The smallest absolute Gasteiger partial charge is 0.0726 e. The largest absolute Gasteiger partial charge is 0.355 e. The van der Waals surface area contributed by atoms with Crippen LogP contribution in [0.5, 0.6) is 0 Å². The maximum Gasteiger partial charge on any atom is 0.0726 e. The number of anilines is 2. The molecule has 2 aliphatic carbocycles. The van der Waals surface area contributed by atoms with E-state index in [0.717, 1.165) is 11.4 Å². The van der Waals surface area contributed by atoms with E-state index in [9.17, 15) is 0 Å². The van der Waals surface area contributed by atoms with Gasteiger partial charge in [0.05, 0.1) is 5.41 Å². The molecule has 0 radical (unpaired) electrons. The number of nitrogens with one attached hydrogen (secondary N) is 1. The molecule has 0 saturated carbocycles. The maximum absolute atomic E-state index is 3.79. The van der Waals surface area contributed by atoms with E-state index >= 15 is 0 Å². The second-order valence-corrected chi connectivity index (χ2v) is 12.6. The summed E-state index contributed by atoms with van der Waals surface area (Å²) in [6, 6.07) is 62.5. The highest BCUT2D eigenvalue weighted by Gasteiger charge is 2.51. The third kappa shape index (κ3) is 3.46. The van der Waals surface area contributed by atoms with Crippen molar-refractivity contribution in [2.75, 3.05) is 5.32 Å². The Bertz CT molecular complexity index is 2460. The number of hydrogen-bond donors (Lipinski definition) is 1. The molecule has 0 amide bonds. The molecule has 46 heavy (non-hydrogen) atoms. The molecule has 0 unspecified atom stereocenters. The molecule has 0 atom stereocenters. The summed E-state index contributed by atoms with van der Waals surface area (Å²) in [6.07, 6.45) is 0. The SMILES string of the molecule is c1cc(Nc2ccc3c(c2)C2(c4ccccc4-c4ccccc42)c2ccccc2-3)cc(-c2ccc3c(ccc4ccccc43)c2)c1. The Morgan fingerprint density at radius 2 is 0.891 bits per heavy atom. The topological polar surface area (TPSA) is 12.0 Å². The summed E-state index contributed by atoms with van der Waals surface area (Å²) in [5, 5.41) is 8.91. The summed E-state index contributed by atoms with van der Waals surface area (Å²) >= 11 is 0. The first kappa shape index (κ1) is 25.4. The van der Waals surface area contributed by atoms with Gasteiger partial charge in [-0.1, -0.05) is 140 Å². The van der Waals surface area contributed by atoms with Gasteiger partial charge < -0.3 is 5.32 Å². The highest BCUT2D eigenvalue weighted by atomic mass is 14.9. The summed E-state index contributed by atoms with van der Waals surface area (Å²) in [4.78, 5) is 0. The van der Waals surface area contributed by atoms with E-state index < -0.39 is 0 Å². The van der Waals surface area contributed by atoms with Crippen LogP contribution < -0.4 is 5.32 Å². The van der Waals surface area contributed by atoms with Gasteiger partial charge in [0.25, 0.3) is 0 Å². The van der Waals surface area contributed by atoms with E-state index in [1.54, 1.807) is 0 Å². The molecule has 0 aliphatic heterocycles. The minimum Gasteiger partial charge on any atom is -0.355 e. The molecule has 1 spiro atoms. The van der Waals surface area contributed by atoms with Crippen molar-refractivity contribution < 1.29 is 0 Å². The molecule has 0 aromatic heterocycles. The fraction of sp³-hybridized carbons (Fsp3) is 0.0222. The van der Waals surface area contributed by atoms with Crippen molar-refractivity contribution >= 4 is 32.9 Å². The van der Waals surface area contributed by atoms with Gasteiger partial charge in [-0.25, -0.2) is 0 Å². The van der Waals surface area contributed by atoms with Crippen molar-refractivity contribution in [1.82, 2.24) is 0 Å². The number of fused-ring (bicyclic) bond motifs is 13. The minimum atomic E-state index is -0.339. The molecule has 0 bridgehead atoms. The number of rotatable bonds is 3. The van der Waals surface area contributed by atoms with Gasteiger partial charge in [0, 0.05) is 11.4 Å². The molecule has 0 saturated heterocycles. The van der Waals surface area contributed by atoms with Crippen LogP contribution in [0.1, 0.15) is 22.3 Å². The predicted molar refractivity (Wildman–Crippen MR) is 193 cm³/mol. The summed E-state index contributed by atoms with van der Waals surface area (Å²) < 4.78 is 0. The Morgan fingerprint density at radius 1 is 0.326 bits per heavy atom. The van der Waals surface area contributed by atoms with Crippen molar-refractivity contribution in [2.24, 2.45) is 0 Å². The van der Waals surface area contributed by atoms with E-state index in [1.807, 2.05) is 0 Å². The van der Waals surface area contributed by atoms with Crippen molar-refractivity contribution in [3.8, 4) is 33.4 Å². The zero-order valence-electron chi connectivity index (χ0n) is 25.2. The van der Waals surface area contributed by atoms with E-state index in [2.05, 4.69) is 175 Å². The first-order valence-electron chi connectivity index (χ1n) is 16.0. The predicted octanol–water partition coefficient (Wildman–Crippen LogP) is 11.7. The second kappa shape index (κ2) is 9.54. The number of hydrogen-bond acceptors (Lipinski definition) is 1. The van der Waals surface area contributed by atoms with Gasteiger partial charge in [0.15, 0.2) is 0 Å². The van der Waals surface area contributed by atoms with E-state index in [4.69, 9.17) is 0 Å². The second-order valence-electron chi connectivity index (χ2n) is 12.6. The Morgan fingerprint density at radius 3 is 1.63 bits per heavy atom. The Balaban J connectivity index is 1.08. The highest BCUT2D eigenvalue weighted by molar-refractivity contribution is 6.08. The average Bonchev–Trinajstić information content (AvgIpc) is 3.58. The first-order valence-corrected chi connectivity index (χ1v) is 16.0. The lowest BCUT2D eigenvalue weighted by Gasteiger charge is -2.30. The average molecular weight is 584 g/mol. The van der Waals surface area contributed by atoms with Gasteiger partial charge >= 0.3 is 0 Å². The quantitative estimate of drug-likeness (QED) is 0.204. The third-order valence-corrected chi connectivity index (χ3v) is 10.2. The van der Waals surface area contributed by atoms with Crippen LogP contribution in [0.2, 0.25) is 0 Å². The molecule has 2 aliphatic rings. The van der Waals surface area contributed by atoms with Crippen LogP contribution in [0.4, 0.5) is 11.4 Å². The van der Waals surface area contributed by atoms with Gasteiger partial charge in [-0.2, -0.15) is 0 Å². The van der Waals surface area contributed by atoms with Crippen molar-refractivity contribution in [1.29, 1.82) is 0 Å². The van der Waals surface area contributed by atoms with Crippen molar-refractivity contribution in [3.63, 3.8) is 0 Å². The van der Waals surface area contributed by atoms with Crippen LogP contribution in [0.25, 0.3) is 54.9 Å². The molecule has 10 rings (SSSR count). The number of benzene rings is 8. The van der Waals surface area contributed by atoms with Crippen LogP contribution in [-0.2, 0) is 5.41 Å². The van der Waals surface area contributed by atoms with E-state index in [0.29, 0.717) is 0 Å². The third-order valence-electron chi connectivity index (χ3n) is 10.2. The summed E-state index contributed by atoms with van der Waals surface area (Å²) in [5.74, 6) is 0. The first-order chi connectivity index (χ1) is 22.8. The molecule has 0 fully saturated rings. The molecule has 8 aromatic carbocycles. The van der Waals surface area contributed by atoms with Crippen LogP contribution in [0.3, 0.4) is 0 Å². The molecule has 8 aromatic rings. The highest BCUT2D eigenvalue weighted by Crippen LogP contribution is 2.62. The summed E-state index contributed by atoms with van der Waals surface area (Å²) in [6.45, 7) is 0. The van der Waals surface area contributed by atoms with Gasteiger partial charge in [-0.05, 0) is 108 Å². The van der Waals surface area contributed by atoms with E-state index in [-0.39, 0.29) is 5.41 Å².